The van der Waals surface area contributed by atoms with Crippen molar-refractivity contribution in [2.75, 3.05) is 5.32 Å². The molecule has 116 valence electrons. The summed E-state index contributed by atoms with van der Waals surface area (Å²) in [5.41, 5.74) is -0.0870. The SMILES string of the molecule is O=C(Nc1ccccc1F)c1ccc(Cn2ccccc2=O)o1. The summed E-state index contributed by atoms with van der Waals surface area (Å²) in [6.45, 7) is 0.215. The topological polar surface area (TPSA) is 64.2 Å². The summed E-state index contributed by atoms with van der Waals surface area (Å²) in [4.78, 5) is 23.7. The number of nitrogens with zero attached hydrogens (tertiary/aromatic N) is 1. The third kappa shape index (κ3) is 3.37. The zero-order chi connectivity index (χ0) is 16.2. The molecule has 0 saturated carbocycles. The monoisotopic (exact) mass is 312 g/mol. The van der Waals surface area contributed by atoms with Crippen molar-refractivity contribution in [1.82, 2.24) is 4.57 Å². The molecule has 0 fully saturated rings. The van der Waals surface area contributed by atoms with Crippen molar-refractivity contribution < 1.29 is 13.6 Å². The molecule has 0 spiro atoms. The van der Waals surface area contributed by atoms with Crippen LogP contribution < -0.4 is 10.9 Å². The Bertz CT molecular complexity index is 898. The van der Waals surface area contributed by atoms with Gasteiger partial charge >= 0.3 is 0 Å². The molecule has 0 saturated heterocycles. The number of aromatic nitrogens is 1. The minimum absolute atomic E-state index is 0.0484. The number of hydrogen-bond donors (Lipinski definition) is 1. The van der Waals surface area contributed by atoms with Crippen molar-refractivity contribution in [2.24, 2.45) is 0 Å². The molecule has 2 heterocycles. The molecule has 0 radical (unpaired) electrons. The fourth-order valence-corrected chi connectivity index (χ4v) is 2.09. The van der Waals surface area contributed by atoms with E-state index in [0.29, 0.717) is 5.76 Å². The Hall–Kier alpha value is -3.15. The highest BCUT2D eigenvalue weighted by Gasteiger charge is 2.13. The van der Waals surface area contributed by atoms with E-state index in [9.17, 15) is 14.0 Å². The van der Waals surface area contributed by atoms with Crippen LogP contribution in [0.5, 0.6) is 0 Å². The highest BCUT2D eigenvalue weighted by atomic mass is 19.1. The van der Waals surface area contributed by atoms with E-state index in [4.69, 9.17) is 4.42 Å². The Kier molecular flexibility index (Phi) is 4.05. The number of anilines is 1. The van der Waals surface area contributed by atoms with Gasteiger partial charge in [0.05, 0.1) is 12.2 Å². The van der Waals surface area contributed by atoms with Gasteiger partial charge in [-0.3, -0.25) is 9.59 Å². The molecule has 0 aliphatic carbocycles. The number of benzene rings is 1. The van der Waals surface area contributed by atoms with Crippen molar-refractivity contribution in [2.45, 2.75) is 6.54 Å². The highest BCUT2D eigenvalue weighted by molar-refractivity contribution is 6.02. The second kappa shape index (κ2) is 6.31. The van der Waals surface area contributed by atoms with Crippen molar-refractivity contribution in [3.8, 4) is 0 Å². The Labute approximate surface area is 131 Å². The van der Waals surface area contributed by atoms with Crippen LogP contribution in [0.4, 0.5) is 10.1 Å². The number of pyridine rings is 1. The predicted molar refractivity (Wildman–Crippen MR) is 82.9 cm³/mol. The Balaban J connectivity index is 1.74. The zero-order valence-corrected chi connectivity index (χ0v) is 12.0. The number of hydrogen-bond acceptors (Lipinski definition) is 3. The summed E-state index contributed by atoms with van der Waals surface area (Å²) in [6.07, 6.45) is 1.63. The maximum atomic E-state index is 13.5. The van der Waals surface area contributed by atoms with Gasteiger partial charge in [-0.05, 0) is 30.3 Å². The van der Waals surface area contributed by atoms with E-state index in [0.717, 1.165) is 0 Å². The fraction of sp³-hybridized carbons (Fsp3) is 0.0588. The first-order valence-corrected chi connectivity index (χ1v) is 6.93. The van der Waals surface area contributed by atoms with E-state index in [-0.39, 0.29) is 23.6 Å². The first-order chi connectivity index (χ1) is 11.1. The molecule has 1 amide bonds. The molecule has 6 heteroatoms. The molecule has 1 N–H and O–H groups in total. The summed E-state index contributed by atoms with van der Waals surface area (Å²) in [7, 11) is 0. The molecule has 0 bridgehead atoms. The fourth-order valence-electron chi connectivity index (χ4n) is 2.09. The van der Waals surface area contributed by atoms with Gasteiger partial charge in [0.15, 0.2) is 5.76 Å². The minimum atomic E-state index is -0.554. The van der Waals surface area contributed by atoms with Crippen molar-refractivity contribution in [3.63, 3.8) is 0 Å². The van der Waals surface area contributed by atoms with E-state index in [1.807, 2.05) is 0 Å². The number of amides is 1. The molecule has 5 nitrogen and oxygen atoms in total. The quantitative estimate of drug-likeness (QED) is 0.805. The lowest BCUT2D eigenvalue weighted by atomic mass is 10.3. The lowest BCUT2D eigenvalue weighted by molar-refractivity contribution is 0.0994. The summed E-state index contributed by atoms with van der Waals surface area (Å²) in [6, 6.07) is 13.8. The van der Waals surface area contributed by atoms with Crippen molar-refractivity contribution in [1.29, 1.82) is 0 Å². The number of furan rings is 1. The lowest BCUT2D eigenvalue weighted by Crippen LogP contribution is -2.18. The first kappa shape index (κ1) is 14.8. The van der Waals surface area contributed by atoms with Crippen LogP contribution in [0.15, 0.2) is 70.0 Å². The van der Waals surface area contributed by atoms with Gasteiger partial charge < -0.3 is 14.3 Å². The van der Waals surface area contributed by atoms with Crippen LogP contribution in [0.1, 0.15) is 16.3 Å². The maximum absolute atomic E-state index is 13.5. The molecule has 3 aromatic rings. The van der Waals surface area contributed by atoms with Gasteiger partial charge in [0.25, 0.3) is 11.5 Å². The van der Waals surface area contributed by atoms with Crippen LogP contribution in [0.3, 0.4) is 0 Å². The van der Waals surface area contributed by atoms with E-state index in [2.05, 4.69) is 5.32 Å². The predicted octanol–water partition coefficient (Wildman–Crippen LogP) is 2.88. The van der Waals surface area contributed by atoms with Crippen LogP contribution >= 0.6 is 0 Å². The molecule has 0 aliphatic heterocycles. The van der Waals surface area contributed by atoms with Crippen molar-refractivity contribution >= 4 is 11.6 Å². The smallest absolute Gasteiger partial charge is 0.291 e. The lowest BCUT2D eigenvalue weighted by Gasteiger charge is -2.04. The largest absolute Gasteiger partial charge is 0.454 e. The normalized spacial score (nSPS) is 10.5. The Morgan fingerprint density at radius 2 is 1.87 bits per heavy atom. The summed E-state index contributed by atoms with van der Waals surface area (Å²) >= 11 is 0. The number of nitrogens with one attached hydrogen (secondary N) is 1. The average Bonchev–Trinajstić information content (AvgIpc) is 3.01. The highest BCUT2D eigenvalue weighted by Crippen LogP contribution is 2.15. The van der Waals surface area contributed by atoms with E-state index < -0.39 is 11.7 Å². The van der Waals surface area contributed by atoms with E-state index in [1.165, 1.54) is 34.9 Å². The Morgan fingerprint density at radius 1 is 1.09 bits per heavy atom. The van der Waals surface area contributed by atoms with Gasteiger partial charge in [-0.1, -0.05) is 18.2 Å². The third-order valence-corrected chi connectivity index (χ3v) is 3.23. The van der Waals surface area contributed by atoms with Crippen LogP contribution in [0.25, 0.3) is 0 Å². The van der Waals surface area contributed by atoms with Crippen LogP contribution in [-0.2, 0) is 6.54 Å². The molecular weight excluding hydrogens is 299 g/mol. The Morgan fingerprint density at radius 3 is 2.65 bits per heavy atom. The number of para-hydroxylation sites is 1. The number of carbonyl (C=O) groups excluding carboxylic acids is 1. The molecule has 2 aromatic heterocycles. The molecule has 0 unspecified atom stereocenters. The average molecular weight is 312 g/mol. The third-order valence-electron chi connectivity index (χ3n) is 3.23. The summed E-state index contributed by atoms with van der Waals surface area (Å²) < 4.78 is 20.4. The molecule has 0 aliphatic rings. The number of halogens is 1. The number of carbonyl (C=O) groups is 1. The summed E-state index contributed by atoms with van der Waals surface area (Å²) in [5, 5.41) is 2.44. The van der Waals surface area contributed by atoms with E-state index in [1.54, 1.807) is 30.5 Å². The van der Waals surface area contributed by atoms with Gasteiger partial charge in [-0.2, -0.15) is 0 Å². The summed E-state index contributed by atoms with van der Waals surface area (Å²) in [5.74, 6) is -0.575. The molecule has 0 atom stereocenters. The zero-order valence-electron chi connectivity index (χ0n) is 12.0. The maximum Gasteiger partial charge on any atom is 0.291 e. The standard InChI is InChI=1S/C17H13FN2O3/c18-13-5-1-2-6-14(13)19-17(22)15-9-8-12(23-15)11-20-10-4-3-7-16(20)21/h1-10H,11H2,(H,19,22). The molecule has 23 heavy (non-hydrogen) atoms. The van der Waals surface area contributed by atoms with Gasteiger partial charge in [-0.15, -0.1) is 0 Å². The molecule has 3 rings (SSSR count). The molecular formula is C17H13FN2O3. The van der Waals surface area contributed by atoms with Gasteiger partial charge in [-0.25, -0.2) is 4.39 Å². The van der Waals surface area contributed by atoms with Crippen LogP contribution in [-0.4, -0.2) is 10.5 Å². The van der Waals surface area contributed by atoms with Crippen LogP contribution in [0, 0.1) is 5.82 Å². The van der Waals surface area contributed by atoms with Crippen molar-refractivity contribution in [3.05, 3.63) is 88.5 Å². The van der Waals surface area contributed by atoms with Gasteiger partial charge in [0, 0.05) is 12.3 Å². The second-order valence-corrected chi connectivity index (χ2v) is 4.87. The minimum Gasteiger partial charge on any atom is -0.454 e. The number of rotatable bonds is 4. The first-order valence-electron chi connectivity index (χ1n) is 6.93. The van der Waals surface area contributed by atoms with Gasteiger partial charge in [0.1, 0.15) is 11.6 Å². The second-order valence-electron chi connectivity index (χ2n) is 4.87. The van der Waals surface area contributed by atoms with Crippen LogP contribution in [0.2, 0.25) is 0 Å². The molecule has 1 aromatic carbocycles. The van der Waals surface area contributed by atoms with Gasteiger partial charge in [0.2, 0.25) is 0 Å². The van der Waals surface area contributed by atoms with E-state index >= 15 is 0 Å².